The zero-order chi connectivity index (χ0) is 16.4. The van der Waals surface area contributed by atoms with Crippen LogP contribution in [-0.2, 0) is 6.54 Å². The Morgan fingerprint density at radius 2 is 1.92 bits per heavy atom. The van der Waals surface area contributed by atoms with Gasteiger partial charge in [0.2, 0.25) is 5.95 Å². The van der Waals surface area contributed by atoms with E-state index < -0.39 is 0 Å². The Labute approximate surface area is 137 Å². The summed E-state index contributed by atoms with van der Waals surface area (Å²) in [5.74, 6) is 0.948. The second kappa shape index (κ2) is 6.08. The first kappa shape index (κ1) is 14.3. The summed E-state index contributed by atoms with van der Waals surface area (Å²) in [5, 5.41) is 3.12. The van der Waals surface area contributed by atoms with Gasteiger partial charge in [-0.2, -0.15) is 4.98 Å². The van der Waals surface area contributed by atoms with Crippen LogP contribution in [0.25, 0.3) is 16.9 Å². The predicted molar refractivity (Wildman–Crippen MR) is 90.4 cm³/mol. The van der Waals surface area contributed by atoms with Gasteiger partial charge in [0.1, 0.15) is 18.0 Å². The number of nitrogens with zero attached hydrogens (tertiary/aromatic N) is 4. The van der Waals surface area contributed by atoms with Gasteiger partial charge in [0.25, 0.3) is 0 Å². The predicted octanol–water partition coefficient (Wildman–Crippen LogP) is 3.57. The molecule has 2 heterocycles. The fraction of sp³-hybridized carbons (Fsp3) is 0.0556. The van der Waals surface area contributed by atoms with E-state index in [2.05, 4.69) is 20.3 Å². The Hall–Kier alpha value is -3.28. The first-order valence-electron chi connectivity index (χ1n) is 7.53. The number of nitrogens with one attached hydrogen (secondary N) is 1. The second-order valence-corrected chi connectivity index (χ2v) is 5.33. The standard InChI is InChI=1S/C18H14FN5/c19-14-5-3-4-13(10-14)11-21-18-20-9-8-17(23-18)24-12-22-15-6-1-2-7-16(15)24/h1-10,12H,11H2,(H,20,21,23). The van der Waals surface area contributed by atoms with Crippen LogP contribution in [0.2, 0.25) is 0 Å². The van der Waals surface area contributed by atoms with E-state index in [4.69, 9.17) is 0 Å². The van der Waals surface area contributed by atoms with E-state index in [1.807, 2.05) is 41.0 Å². The van der Waals surface area contributed by atoms with Crippen molar-refractivity contribution in [3.05, 3.63) is 78.5 Å². The number of hydrogen-bond acceptors (Lipinski definition) is 4. The van der Waals surface area contributed by atoms with Crippen LogP contribution in [0.15, 0.2) is 67.1 Å². The first-order chi connectivity index (χ1) is 11.8. The molecule has 0 saturated heterocycles. The SMILES string of the molecule is Fc1cccc(CNc2nccc(-n3cnc4ccccc43)n2)c1. The minimum Gasteiger partial charge on any atom is -0.350 e. The van der Waals surface area contributed by atoms with Crippen LogP contribution in [0.5, 0.6) is 0 Å². The molecule has 24 heavy (non-hydrogen) atoms. The maximum absolute atomic E-state index is 13.2. The van der Waals surface area contributed by atoms with Gasteiger partial charge in [-0.3, -0.25) is 4.57 Å². The zero-order valence-electron chi connectivity index (χ0n) is 12.7. The number of aromatic nitrogens is 4. The molecule has 0 atom stereocenters. The molecule has 5 nitrogen and oxygen atoms in total. The van der Waals surface area contributed by atoms with Gasteiger partial charge in [-0.25, -0.2) is 14.4 Å². The third-order valence-corrected chi connectivity index (χ3v) is 3.68. The number of hydrogen-bond donors (Lipinski definition) is 1. The van der Waals surface area contributed by atoms with Crippen molar-refractivity contribution in [2.45, 2.75) is 6.54 Å². The molecule has 0 aliphatic heterocycles. The first-order valence-corrected chi connectivity index (χ1v) is 7.53. The van der Waals surface area contributed by atoms with Gasteiger partial charge in [0.05, 0.1) is 11.0 Å². The van der Waals surface area contributed by atoms with Crippen LogP contribution < -0.4 is 5.32 Å². The fourth-order valence-corrected chi connectivity index (χ4v) is 2.54. The van der Waals surface area contributed by atoms with Crippen LogP contribution in [0.1, 0.15) is 5.56 Å². The highest BCUT2D eigenvalue weighted by Gasteiger charge is 2.06. The third kappa shape index (κ3) is 2.81. The number of anilines is 1. The van der Waals surface area contributed by atoms with Crippen molar-refractivity contribution in [2.24, 2.45) is 0 Å². The molecule has 6 heteroatoms. The van der Waals surface area contributed by atoms with E-state index in [9.17, 15) is 4.39 Å². The summed E-state index contributed by atoms with van der Waals surface area (Å²) in [6.07, 6.45) is 3.42. The molecule has 2 aromatic carbocycles. The molecule has 0 aliphatic rings. The summed E-state index contributed by atoms with van der Waals surface area (Å²) < 4.78 is 15.1. The van der Waals surface area contributed by atoms with Crippen molar-refractivity contribution in [1.29, 1.82) is 0 Å². The van der Waals surface area contributed by atoms with Crippen molar-refractivity contribution in [3.63, 3.8) is 0 Å². The lowest BCUT2D eigenvalue weighted by molar-refractivity contribution is 0.626. The van der Waals surface area contributed by atoms with E-state index in [0.29, 0.717) is 12.5 Å². The Balaban J connectivity index is 1.60. The van der Waals surface area contributed by atoms with Crippen LogP contribution >= 0.6 is 0 Å². The lowest BCUT2D eigenvalue weighted by Crippen LogP contribution is -2.06. The summed E-state index contributed by atoms with van der Waals surface area (Å²) in [4.78, 5) is 13.1. The Kier molecular flexibility index (Phi) is 3.63. The minimum absolute atomic E-state index is 0.256. The second-order valence-electron chi connectivity index (χ2n) is 5.33. The average Bonchev–Trinajstić information content (AvgIpc) is 3.04. The van der Waals surface area contributed by atoms with E-state index in [-0.39, 0.29) is 5.82 Å². The Morgan fingerprint density at radius 3 is 2.83 bits per heavy atom. The Morgan fingerprint density at radius 1 is 1.00 bits per heavy atom. The molecule has 0 spiro atoms. The maximum Gasteiger partial charge on any atom is 0.224 e. The molecule has 1 N–H and O–H groups in total. The number of para-hydroxylation sites is 2. The summed E-state index contributed by atoms with van der Waals surface area (Å²) in [6.45, 7) is 0.450. The molecule has 0 unspecified atom stereocenters. The quantitative estimate of drug-likeness (QED) is 0.625. The van der Waals surface area contributed by atoms with Crippen molar-refractivity contribution in [3.8, 4) is 5.82 Å². The smallest absolute Gasteiger partial charge is 0.224 e. The number of fused-ring (bicyclic) bond motifs is 1. The summed E-state index contributed by atoms with van der Waals surface area (Å²) in [7, 11) is 0. The molecule has 118 valence electrons. The molecule has 0 radical (unpaired) electrons. The highest BCUT2D eigenvalue weighted by Crippen LogP contribution is 2.17. The Bertz CT molecular complexity index is 995. The van der Waals surface area contributed by atoms with Gasteiger partial charge < -0.3 is 5.32 Å². The molecular weight excluding hydrogens is 305 g/mol. The van der Waals surface area contributed by atoms with E-state index >= 15 is 0 Å². The molecular formula is C18H14FN5. The van der Waals surface area contributed by atoms with E-state index in [1.165, 1.54) is 12.1 Å². The number of halogens is 1. The largest absolute Gasteiger partial charge is 0.350 e. The van der Waals surface area contributed by atoms with E-state index in [1.54, 1.807) is 18.6 Å². The topological polar surface area (TPSA) is 55.6 Å². The summed E-state index contributed by atoms with van der Waals surface area (Å²) >= 11 is 0. The van der Waals surface area contributed by atoms with Gasteiger partial charge in [0, 0.05) is 12.7 Å². The molecule has 4 aromatic rings. The molecule has 0 saturated carbocycles. The van der Waals surface area contributed by atoms with Crippen LogP contribution in [0, 0.1) is 5.82 Å². The number of imidazole rings is 1. The van der Waals surface area contributed by atoms with Gasteiger partial charge in [0.15, 0.2) is 0 Å². The average molecular weight is 319 g/mol. The number of benzene rings is 2. The minimum atomic E-state index is -0.256. The van der Waals surface area contributed by atoms with Crippen molar-refractivity contribution in [1.82, 2.24) is 19.5 Å². The monoisotopic (exact) mass is 319 g/mol. The van der Waals surface area contributed by atoms with Crippen molar-refractivity contribution >= 4 is 17.0 Å². The van der Waals surface area contributed by atoms with Crippen LogP contribution in [0.4, 0.5) is 10.3 Å². The zero-order valence-corrected chi connectivity index (χ0v) is 12.7. The van der Waals surface area contributed by atoms with Gasteiger partial charge >= 0.3 is 0 Å². The highest BCUT2D eigenvalue weighted by atomic mass is 19.1. The van der Waals surface area contributed by atoms with Crippen LogP contribution in [0.3, 0.4) is 0 Å². The van der Waals surface area contributed by atoms with Crippen molar-refractivity contribution in [2.75, 3.05) is 5.32 Å². The number of rotatable bonds is 4. The molecule has 0 aliphatic carbocycles. The molecule has 0 amide bonds. The van der Waals surface area contributed by atoms with E-state index in [0.717, 1.165) is 22.4 Å². The van der Waals surface area contributed by atoms with Gasteiger partial charge in [-0.1, -0.05) is 24.3 Å². The third-order valence-electron chi connectivity index (χ3n) is 3.68. The lowest BCUT2D eigenvalue weighted by Gasteiger charge is -2.08. The molecule has 4 rings (SSSR count). The lowest BCUT2D eigenvalue weighted by atomic mass is 10.2. The maximum atomic E-state index is 13.2. The molecule has 2 aromatic heterocycles. The fourth-order valence-electron chi connectivity index (χ4n) is 2.54. The highest BCUT2D eigenvalue weighted by molar-refractivity contribution is 5.76. The van der Waals surface area contributed by atoms with Gasteiger partial charge in [-0.15, -0.1) is 0 Å². The van der Waals surface area contributed by atoms with Crippen molar-refractivity contribution < 1.29 is 4.39 Å². The molecule has 0 bridgehead atoms. The van der Waals surface area contributed by atoms with Crippen LogP contribution in [-0.4, -0.2) is 19.5 Å². The molecule has 0 fully saturated rings. The summed E-state index contributed by atoms with van der Waals surface area (Å²) in [6, 6.07) is 16.1. The van der Waals surface area contributed by atoms with Gasteiger partial charge in [-0.05, 0) is 35.9 Å². The normalized spacial score (nSPS) is 10.9. The summed E-state index contributed by atoms with van der Waals surface area (Å²) in [5.41, 5.74) is 2.72.